The second kappa shape index (κ2) is 17.2. The van der Waals surface area contributed by atoms with Crippen molar-refractivity contribution in [2.75, 3.05) is 46.2 Å². The fraction of sp³-hybridized carbons (Fsp3) is 0.581. The maximum absolute atomic E-state index is 12.4. The number of piperidine rings is 1. The Balaban J connectivity index is 0.000000287. The predicted molar refractivity (Wildman–Crippen MR) is 163 cm³/mol. The minimum absolute atomic E-state index is 0.389. The number of nitrogens with zero attached hydrogens (tertiary/aromatic N) is 3. The molecule has 1 N–H and O–H groups in total. The average molecular weight is 557 g/mol. The highest BCUT2D eigenvalue weighted by Gasteiger charge is 2.31. The van der Waals surface area contributed by atoms with E-state index in [0.29, 0.717) is 31.5 Å². The SMILES string of the molecule is C=Nc1ccccc1SCCCOC.CC.CC1=C(C2CC2)C=C(NC(=O)C(=O)N2CCCC(C)C2)CN1C. The summed E-state index contributed by atoms with van der Waals surface area (Å²) in [6.07, 6.45) is 7.71. The van der Waals surface area contributed by atoms with Gasteiger partial charge in [-0.1, -0.05) is 32.9 Å². The molecule has 3 aliphatic rings. The average Bonchev–Trinajstić information content (AvgIpc) is 3.80. The van der Waals surface area contributed by atoms with Gasteiger partial charge in [-0.05, 0) is 81.4 Å². The number of carbonyl (C=O) groups is 2. The number of thioether (sulfide) groups is 1. The summed E-state index contributed by atoms with van der Waals surface area (Å²) in [5.74, 6) is 1.28. The predicted octanol–water partition coefficient (Wildman–Crippen LogP) is 6.05. The molecule has 7 nitrogen and oxygen atoms in total. The standard InChI is InChI=1S/C18H27N3O2.C11H15NOS.C2H6/c1-12-5-4-8-21(10-12)18(23)17(22)19-15-9-16(14-6-7-14)13(2)20(3)11-15;1-12-10-6-3-4-7-11(10)14-9-5-8-13-2;1-2/h9,12,14H,4-8,10-11H2,1-3H3,(H,19,22);3-4,6-7H,1,5,8-9H2,2H3;1-2H3. The molecule has 0 radical (unpaired) electrons. The van der Waals surface area contributed by atoms with Crippen molar-refractivity contribution in [1.82, 2.24) is 15.1 Å². The van der Waals surface area contributed by atoms with Crippen LogP contribution in [0.2, 0.25) is 0 Å². The third kappa shape index (κ3) is 10.5. The molecule has 216 valence electrons. The maximum atomic E-state index is 12.4. The summed E-state index contributed by atoms with van der Waals surface area (Å²) in [4.78, 5) is 33.7. The Morgan fingerprint density at radius 2 is 1.92 bits per heavy atom. The highest BCUT2D eigenvalue weighted by atomic mass is 32.2. The smallest absolute Gasteiger partial charge is 0.313 e. The zero-order valence-corrected chi connectivity index (χ0v) is 25.6. The lowest BCUT2D eigenvalue weighted by molar-refractivity contribution is -0.146. The molecule has 0 aromatic heterocycles. The van der Waals surface area contributed by atoms with Gasteiger partial charge >= 0.3 is 11.8 Å². The van der Waals surface area contributed by atoms with Crippen molar-refractivity contribution in [2.24, 2.45) is 16.8 Å². The number of ether oxygens (including phenoxy) is 1. The number of methoxy groups -OCH3 is 1. The van der Waals surface area contributed by atoms with Gasteiger partial charge < -0.3 is 19.9 Å². The van der Waals surface area contributed by atoms with Crippen molar-refractivity contribution in [3.63, 3.8) is 0 Å². The summed E-state index contributed by atoms with van der Waals surface area (Å²) in [6.45, 7) is 14.7. The Hall–Kier alpha value is -2.58. The van der Waals surface area contributed by atoms with Crippen molar-refractivity contribution in [1.29, 1.82) is 0 Å². The Morgan fingerprint density at radius 3 is 2.56 bits per heavy atom. The fourth-order valence-electron chi connectivity index (χ4n) is 4.63. The Bertz CT molecular complexity index is 1020. The summed E-state index contributed by atoms with van der Waals surface area (Å²) in [7, 11) is 3.76. The summed E-state index contributed by atoms with van der Waals surface area (Å²) >= 11 is 1.80. The van der Waals surface area contributed by atoms with E-state index in [1.807, 2.05) is 39.1 Å². The Kier molecular flexibility index (Phi) is 14.4. The highest BCUT2D eigenvalue weighted by Crippen LogP contribution is 2.40. The van der Waals surface area contributed by atoms with Crippen LogP contribution in [0.4, 0.5) is 5.69 Å². The number of hydrogen-bond acceptors (Lipinski definition) is 6. The van der Waals surface area contributed by atoms with Gasteiger partial charge in [-0.15, -0.1) is 11.8 Å². The number of rotatable bonds is 8. The first-order valence-electron chi connectivity index (χ1n) is 14.2. The van der Waals surface area contributed by atoms with Crippen LogP contribution < -0.4 is 5.32 Å². The number of benzene rings is 1. The van der Waals surface area contributed by atoms with Gasteiger partial charge in [-0.2, -0.15) is 0 Å². The number of likely N-dealkylation sites (tertiary alicyclic amines) is 1. The highest BCUT2D eigenvalue weighted by molar-refractivity contribution is 7.99. The minimum atomic E-state index is -0.492. The van der Waals surface area contributed by atoms with E-state index in [0.717, 1.165) is 43.0 Å². The third-order valence-corrected chi connectivity index (χ3v) is 8.09. The topological polar surface area (TPSA) is 74.2 Å². The van der Waals surface area contributed by atoms with Gasteiger partial charge in [0.05, 0.1) is 12.2 Å². The normalized spacial score (nSPS) is 18.7. The van der Waals surface area contributed by atoms with Crippen LogP contribution in [0.5, 0.6) is 0 Å². The van der Waals surface area contributed by atoms with Crippen LogP contribution >= 0.6 is 11.8 Å². The number of carbonyl (C=O) groups excluding carboxylic acids is 2. The van der Waals surface area contributed by atoms with E-state index in [2.05, 4.69) is 47.9 Å². The molecule has 8 heteroatoms. The molecule has 1 aromatic rings. The monoisotopic (exact) mass is 556 g/mol. The molecule has 2 amide bonds. The molecule has 0 bridgehead atoms. The summed E-state index contributed by atoms with van der Waals surface area (Å²) in [5, 5.41) is 2.85. The second-order valence-electron chi connectivity index (χ2n) is 10.1. The van der Waals surface area contributed by atoms with Gasteiger partial charge in [-0.25, -0.2) is 0 Å². The minimum Gasteiger partial charge on any atom is -0.385 e. The van der Waals surface area contributed by atoms with Gasteiger partial charge in [0.25, 0.3) is 0 Å². The van der Waals surface area contributed by atoms with Gasteiger partial charge in [0.1, 0.15) is 0 Å². The van der Waals surface area contributed by atoms with Gasteiger partial charge in [0.2, 0.25) is 0 Å². The van der Waals surface area contributed by atoms with Crippen molar-refractivity contribution < 1.29 is 14.3 Å². The number of likely N-dealkylation sites (N-methyl/N-ethyl adjacent to an activating group) is 1. The maximum Gasteiger partial charge on any atom is 0.313 e. The number of hydrogen-bond donors (Lipinski definition) is 1. The van der Waals surface area contributed by atoms with E-state index in [4.69, 9.17) is 4.74 Å². The van der Waals surface area contributed by atoms with Crippen LogP contribution in [-0.4, -0.2) is 74.5 Å². The van der Waals surface area contributed by atoms with Crippen LogP contribution in [0.3, 0.4) is 0 Å². The van der Waals surface area contributed by atoms with E-state index in [9.17, 15) is 9.59 Å². The van der Waals surface area contributed by atoms with Crippen LogP contribution in [0, 0.1) is 11.8 Å². The van der Waals surface area contributed by atoms with Gasteiger partial charge in [0, 0.05) is 55.9 Å². The number of amides is 2. The Labute approximate surface area is 240 Å². The first-order chi connectivity index (χ1) is 18.8. The molecule has 0 spiro atoms. The lowest BCUT2D eigenvalue weighted by Gasteiger charge is -2.31. The molecule has 2 aliphatic heterocycles. The molecule has 1 unspecified atom stereocenters. The molecular weight excluding hydrogens is 508 g/mol. The quantitative estimate of drug-likeness (QED) is 0.183. The van der Waals surface area contributed by atoms with Gasteiger partial charge in [0.15, 0.2) is 0 Å². The Morgan fingerprint density at radius 1 is 1.21 bits per heavy atom. The fourth-order valence-corrected chi connectivity index (χ4v) is 5.56. The van der Waals surface area contributed by atoms with Crippen molar-refractivity contribution >= 4 is 36.0 Å². The lowest BCUT2D eigenvalue weighted by Crippen LogP contribution is -2.47. The van der Waals surface area contributed by atoms with E-state index >= 15 is 0 Å². The van der Waals surface area contributed by atoms with E-state index < -0.39 is 5.91 Å². The zero-order chi connectivity index (χ0) is 28.8. The molecule has 1 saturated heterocycles. The third-order valence-electron chi connectivity index (χ3n) is 6.94. The molecule has 1 aliphatic carbocycles. The first kappa shape index (κ1) is 32.6. The number of aliphatic imine (C=N–C) groups is 1. The summed E-state index contributed by atoms with van der Waals surface area (Å²) in [5.41, 5.74) is 4.40. The van der Waals surface area contributed by atoms with E-state index in [-0.39, 0.29) is 5.91 Å². The molecule has 1 atom stereocenters. The van der Waals surface area contributed by atoms with Crippen molar-refractivity contribution in [2.45, 2.75) is 64.7 Å². The van der Waals surface area contributed by atoms with E-state index in [1.165, 1.54) is 29.0 Å². The number of para-hydroxylation sites is 1. The first-order valence-corrected chi connectivity index (χ1v) is 15.2. The number of allylic oxidation sites excluding steroid dienone is 3. The van der Waals surface area contributed by atoms with Crippen molar-refractivity contribution in [3.8, 4) is 0 Å². The molecule has 4 rings (SSSR count). The second-order valence-corrected chi connectivity index (χ2v) is 11.3. The van der Waals surface area contributed by atoms with E-state index in [1.54, 1.807) is 23.8 Å². The van der Waals surface area contributed by atoms with Crippen LogP contribution in [0.1, 0.15) is 59.8 Å². The molecule has 1 aromatic carbocycles. The molecular formula is C31H48N4O3S. The largest absolute Gasteiger partial charge is 0.385 e. The van der Waals surface area contributed by atoms with Crippen LogP contribution in [-0.2, 0) is 14.3 Å². The molecule has 2 fully saturated rings. The zero-order valence-electron chi connectivity index (χ0n) is 24.8. The summed E-state index contributed by atoms with van der Waals surface area (Å²) < 4.78 is 4.99. The van der Waals surface area contributed by atoms with Crippen LogP contribution in [0.15, 0.2) is 57.2 Å². The van der Waals surface area contributed by atoms with Gasteiger partial charge in [-0.3, -0.25) is 14.6 Å². The molecule has 2 heterocycles. The summed E-state index contributed by atoms with van der Waals surface area (Å²) in [6, 6.07) is 8.05. The number of nitrogens with one attached hydrogen (secondary N) is 1. The van der Waals surface area contributed by atoms with Crippen molar-refractivity contribution in [3.05, 3.63) is 47.3 Å². The van der Waals surface area contributed by atoms with Crippen LogP contribution in [0.25, 0.3) is 0 Å². The molecule has 39 heavy (non-hydrogen) atoms. The molecule has 1 saturated carbocycles. The lowest BCUT2D eigenvalue weighted by atomic mass is 10.0.